The average Bonchev–Trinajstić information content (AvgIpc) is 3.04. The molecule has 0 aliphatic heterocycles. The number of rotatable bonds is 4. The smallest absolute Gasteiger partial charge is 0.270 e. The normalized spacial score (nSPS) is 19.9. The number of halogens is 1. The fourth-order valence-corrected chi connectivity index (χ4v) is 3.90. The Balaban J connectivity index is 1.63. The van der Waals surface area contributed by atoms with Gasteiger partial charge in [0.15, 0.2) is 0 Å². The van der Waals surface area contributed by atoms with E-state index in [0.29, 0.717) is 12.1 Å². The lowest BCUT2D eigenvalue weighted by molar-refractivity contribution is 0.0712. The molecule has 3 aromatic heterocycles. The van der Waals surface area contributed by atoms with E-state index in [-0.39, 0.29) is 11.9 Å². The molecule has 1 aliphatic carbocycles. The third-order valence-corrected chi connectivity index (χ3v) is 5.55. The minimum absolute atomic E-state index is 0.195. The minimum atomic E-state index is -0.477. The number of carbonyl (C=O) groups is 1. The first-order chi connectivity index (χ1) is 13.1. The summed E-state index contributed by atoms with van der Waals surface area (Å²) < 4.78 is 2.47. The number of amides is 1. The number of fused-ring (bicyclic) bond motifs is 1. The molecule has 0 aromatic carbocycles. The molecule has 2 atom stereocenters. The maximum absolute atomic E-state index is 12.9. The molecule has 4 rings (SSSR count). The van der Waals surface area contributed by atoms with E-state index in [2.05, 4.69) is 31.3 Å². The molecule has 140 valence electrons. The fourth-order valence-electron chi connectivity index (χ4n) is 3.66. The second-order valence-electron chi connectivity index (χ2n) is 6.97. The van der Waals surface area contributed by atoms with Crippen molar-refractivity contribution < 1.29 is 9.90 Å². The second kappa shape index (κ2) is 7.78. The van der Waals surface area contributed by atoms with Crippen LogP contribution < -0.4 is 5.32 Å². The molecular weight excluding hydrogens is 408 g/mol. The maximum Gasteiger partial charge on any atom is 0.270 e. The van der Waals surface area contributed by atoms with E-state index in [0.717, 1.165) is 46.9 Å². The fraction of sp³-hybridized carbons (Fsp3) is 0.350. The van der Waals surface area contributed by atoms with Crippen LogP contribution in [0.1, 0.15) is 47.3 Å². The first-order valence-corrected chi connectivity index (χ1v) is 9.96. The Bertz CT molecular complexity index is 954. The van der Waals surface area contributed by atoms with E-state index in [4.69, 9.17) is 0 Å². The molecule has 0 unspecified atom stereocenters. The Morgan fingerprint density at radius 2 is 2.15 bits per heavy atom. The highest BCUT2D eigenvalue weighted by molar-refractivity contribution is 9.10. The van der Waals surface area contributed by atoms with Gasteiger partial charge in [0.2, 0.25) is 0 Å². The van der Waals surface area contributed by atoms with Crippen LogP contribution in [-0.4, -0.2) is 37.8 Å². The lowest BCUT2D eigenvalue weighted by Gasteiger charge is -2.28. The van der Waals surface area contributed by atoms with E-state index in [9.17, 15) is 9.90 Å². The van der Waals surface area contributed by atoms with Gasteiger partial charge in [0.1, 0.15) is 10.3 Å². The molecule has 0 saturated heterocycles. The Morgan fingerprint density at radius 3 is 2.93 bits per heavy atom. The molecular formula is C20H21BrN4O2. The number of carbonyl (C=O) groups excluding carboxylic acids is 1. The van der Waals surface area contributed by atoms with Crippen LogP contribution in [0.3, 0.4) is 0 Å². The van der Waals surface area contributed by atoms with Crippen LogP contribution >= 0.6 is 15.9 Å². The van der Waals surface area contributed by atoms with Crippen LogP contribution in [0, 0.1) is 0 Å². The van der Waals surface area contributed by atoms with Gasteiger partial charge in [-0.1, -0.05) is 18.9 Å². The zero-order chi connectivity index (χ0) is 18.8. The Kier molecular flexibility index (Phi) is 5.22. The molecule has 27 heavy (non-hydrogen) atoms. The summed E-state index contributed by atoms with van der Waals surface area (Å²) in [4.78, 5) is 17.2. The summed E-state index contributed by atoms with van der Waals surface area (Å²) in [5.74, 6) is -0.199. The van der Waals surface area contributed by atoms with Crippen LogP contribution in [-0.2, 0) is 6.42 Å². The number of hydrogen-bond acceptors (Lipinski definition) is 4. The van der Waals surface area contributed by atoms with Crippen molar-refractivity contribution in [3.05, 3.63) is 64.1 Å². The van der Waals surface area contributed by atoms with Crippen molar-refractivity contribution in [1.82, 2.24) is 19.9 Å². The lowest BCUT2D eigenvalue weighted by Crippen LogP contribution is -2.45. The quantitative estimate of drug-likeness (QED) is 0.625. The number of aliphatic hydroxyl groups is 1. The van der Waals surface area contributed by atoms with Gasteiger partial charge in [0, 0.05) is 18.8 Å². The number of aromatic nitrogens is 3. The first kappa shape index (κ1) is 18.1. The van der Waals surface area contributed by atoms with E-state index in [1.54, 1.807) is 10.7 Å². The molecule has 3 aromatic rings. The van der Waals surface area contributed by atoms with E-state index < -0.39 is 6.10 Å². The third-order valence-electron chi connectivity index (χ3n) is 5.08. The van der Waals surface area contributed by atoms with Gasteiger partial charge >= 0.3 is 0 Å². The van der Waals surface area contributed by atoms with Crippen LogP contribution in [0.2, 0.25) is 0 Å². The largest absolute Gasteiger partial charge is 0.391 e. The summed E-state index contributed by atoms with van der Waals surface area (Å²) in [7, 11) is 0. The van der Waals surface area contributed by atoms with Crippen LogP contribution in [0.5, 0.6) is 0 Å². The van der Waals surface area contributed by atoms with Crippen molar-refractivity contribution in [2.75, 3.05) is 0 Å². The van der Waals surface area contributed by atoms with Gasteiger partial charge in [0.25, 0.3) is 5.91 Å². The first-order valence-electron chi connectivity index (χ1n) is 9.17. The van der Waals surface area contributed by atoms with Gasteiger partial charge in [-0.05, 0) is 64.2 Å². The molecule has 2 N–H and O–H groups in total. The summed E-state index contributed by atoms with van der Waals surface area (Å²) in [6.45, 7) is 0. The van der Waals surface area contributed by atoms with Crippen molar-refractivity contribution in [3.8, 4) is 0 Å². The predicted octanol–water partition coefficient (Wildman–Crippen LogP) is 3.12. The highest BCUT2D eigenvalue weighted by Crippen LogP contribution is 2.22. The van der Waals surface area contributed by atoms with Crippen molar-refractivity contribution >= 4 is 27.4 Å². The molecule has 1 amide bonds. The number of nitrogens with one attached hydrogen (secondary N) is 1. The maximum atomic E-state index is 12.9. The number of aliphatic hydroxyl groups excluding tert-OH is 1. The highest BCUT2D eigenvalue weighted by atomic mass is 79.9. The van der Waals surface area contributed by atoms with Gasteiger partial charge in [-0.2, -0.15) is 5.10 Å². The summed E-state index contributed by atoms with van der Waals surface area (Å²) in [5, 5.41) is 17.5. The van der Waals surface area contributed by atoms with Gasteiger partial charge < -0.3 is 10.4 Å². The number of pyridine rings is 1. The summed E-state index contributed by atoms with van der Waals surface area (Å²) in [6.07, 6.45) is 7.25. The monoisotopic (exact) mass is 428 g/mol. The van der Waals surface area contributed by atoms with Gasteiger partial charge in [0.05, 0.1) is 17.7 Å². The van der Waals surface area contributed by atoms with Crippen molar-refractivity contribution in [2.45, 2.75) is 44.2 Å². The van der Waals surface area contributed by atoms with Crippen molar-refractivity contribution in [2.24, 2.45) is 0 Å². The van der Waals surface area contributed by atoms with Crippen LogP contribution in [0.4, 0.5) is 0 Å². The van der Waals surface area contributed by atoms with E-state index >= 15 is 0 Å². The van der Waals surface area contributed by atoms with Crippen molar-refractivity contribution in [1.29, 1.82) is 0 Å². The van der Waals surface area contributed by atoms with Crippen molar-refractivity contribution in [3.63, 3.8) is 0 Å². The molecule has 1 saturated carbocycles. The summed E-state index contributed by atoms with van der Waals surface area (Å²) in [5.41, 5.74) is 3.46. The third kappa shape index (κ3) is 3.89. The Hall–Kier alpha value is -2.25. The molecule has 3 heterocycles. The van der Waals surface area contributed by atoms with Gasteiger partial charge in [-0.15, -0.1) is 0 Å². The van der Waals surface area contributed by atoms with Crippen LogP contribution in [0.25, 0.3) is 5.52 Å². The highest BCUT2D eigenvalue weighted by Gasteiger charge is 2.26. The summed E-state index contributed by atoms with van der Waals surface area (Å²) >= 11 is 3.35. The Morgan fingerprint density at radius 1 is 1.30 bits per heavy atom. The van der Waals surface area contributed by atoms with Gasteiger partial charge in [-0.25, -0.2) is 9.50 Å². The average molecular weight is 429 g/mol. The number of hydrogen-bond donors (Lipinski definition) is 2. The topological polar surface area (TPSA) is 79.5 Å². The SMILES string of the molecule is O=C(N[C@H]1CCCC[C@@H]1O)c1cc(Cc2ccc(Br)nc2)c2cccnn12. The Labute approximate surface area is 165 Å². The number of nitrogens with zero attached hydrogens (tertiary/aromatic N) is 3. The molecule has 6 nitrogen and oxygen atoms in total. The lowest BCUT2D eigenvalue weighted by atomic mass is 9.92. The molecule has 0 bridgehead atoms. The predicted molar refractivity (Wildman–Crippen MR) is 106 cm³/mol. The molecule has 1 fully saturated rings. The zero-order valence-electron chi connectivity index (χ0n) is 14.8. The standard InChI is InChI=1S/C20H21BrN4O2/c21-19-8-7-13(12-22-19)10-14-11-17(25-16(14)5-3-9-23-25)20(27)24-15-4-1-2-6-18(15)26/h3,5,7-9,11-12,15,18,26H,1-2,4,6,10H2,(H,24,27)/t15-,18-/m0/s1. The van der Waals surface area contributed by atoms with E-state index in [1.807, 2.05) is 36.5 Å². The van der Waals surface area contributed by atoms with Gasteiger partial charge in [-0.3, -0.25) is 4.79 Å². The zero-order valence-corrected chi connectivity index (χ0v) is 16.4. The van der Waals surface area contributed by atoms with E-state index in [1.165, 1.54) is 0 Å². The van der Waals surface area contributed by atoms with Crippen LogP contribution in [0.15, 0.2) is 47.3 Å². The summed E-state index contributed by atoms with van der Waals surface area (Å²) in [6, 6.07) is 9.43. The molecule has 1 aliphatic rings. The molecule has 0 spiro atoms. The molecule has 7 heteroatoms. The second-order valence-corrected chi connectivity index (χ2v) is 7.79. The minimum Gasteiger partial charge on any atom is -0.391 e. The molecule has 0 radical (unpaired) electrons.